The predicted octanol–water partition coefficient (Wildman–Crippen LogP) is 2.97. The van der Waals surface area contributed by atoms with Crippen LogP contribution in [0.15, 0.2) is 68.7 Å². The van der Waals surface area contributed by atoms with Crippen molar-refractivity contribution in [3.05, 3.63) is 81.2 Å². The number of rotatable bonds is 3. The van der Waals surface area contributed by atoms with Crippen LogP contribution >= 0.6 is 0 Å². The number of hydrogen-bond donors (Lipinski definition) is 0. The number of aromatic nitrogens is 3. The summed E-state index contributed by atoms with van der Waals surface area (Å²) in [4.78, 5) is 25.4. The molecule has 0 aliphatic rings. The smallest absolute Gasteiger partial charge is 0.330 e. The molecule has 2 heterocycles. The van der Waals surface area contributed by atoms with Crippen LogP contribution in [0.1, 0.15) is 6.92 Å². The van der Waals surface area contributed by atoms with Crippen LogP contribution in [0.4, 0.5) is 4.39 Å². The lowest BCUT2D eigenvalue weighted by Crippen LogP contribution is -2.24. The van der Waals surface area contributed by atoms with Crippen molar-refractivity contribution in [2.24, 2.45) is 0 Å². The third-order valence-electron chi connectivity index (χ3n) is 4.10. The minimum atomic E-state index is -0.698. The lowest BCUT2D eigenvalue weighted by molar-refractivity contribution is 0.332. The van der Waals surface area contributed by atoms with E-state index in [0.29, 0.717) is 17.8 Å². The summed E-state index contributed by atoms with van der Waals surface area (Å²) in [6.45, 7) is 2.09. The van der Waals surface area contributed by atoms with Gasteiger partial charge in [-0.3, -0.25) is 4.79 Å². The average Bonchev–Trinajstić information content (AvgIpc) is 3.01. The second-order valence-corrected chi connectivity index (χ2v) is 5.71. The van der Waals surface area contributed by atoms with Gasteiger partial charge in [0.15, 0.2) is 5.52 Å². The molecule has 26 heavy (non-hydrogen) atoms. The first-order valence-corrected chi connectivity index (χ1v) is 8.08. The van der Waals surface area contributed by atoms with Gasteiger partial charge in [-0.1, -0.05) is 36.4 Å². The van der Waals surface area contributed by atoms with E-state index < -0.39 is 17.0 Å². The van der Waals surface area contributed by atoms with Crippen molar-refractivity contribution in [3.8, 4) is 16.9 Å². The van der Waals surface area contributed by atoms with Crippen molar-refractivity contribution >= 4 is 10.9 Å². The highest BCUT2D eigenvalue weighted by Gasteiger charge is 2.22. The van der Waals surface area contributed by atoms with Crippen molar-refractivity contribution in [2.45, 2.75) is 13.5 Å². The molecule has 0 amide bonds. The lowest BCUT2D eigenvalue weighted by atomic mass is 10.1. The van der Waals surface area contributed by atoms with Crippen molar-refractivity contribution < 1.29 is 8.91 Å². The van der Waals surface area contributed by atoms with Crippen molar-refractivity contribution in [2.75, 3.05) is 0 Å². The van der Waals surface area contributed by atoms with Gasteiger partial charge in [-0.2, -0.15) is 9.84 Å². The minimum Gasteiger partial charge on any atom is -0.330 e. The van der Waals surface area contributed by atoms with Gasteiger partial charge in [0.1, 0.15) is 16.9 Å². The van der Waals surface area contributed by atoms with Gasteiger partial charge < -0.3 is 4.52 Å². The first kappa shape index (κ1) is 16.0. The molecule has 4 aromatic rings. The zero-order valence-corrected chi connectivity index (χ0v) is 13.8. The number of hydrogen-bond acceptors (Lipinski definition) is 4. The van der Waals surface area contributed by atoms with Crippen LogP contribution < -0.4 is 11.2 Å². The number of fused-ring (bicyclic) bond motifs is 1. The number of nitrogens with zero attached hydrogens (tertiary/aromatic N) is 3. The summed E-state index contributed by atoms with van der Waals surface area (Å²) in [6, 6.07) is 14.6. The quantitative estimate of drug-likeness (QED) is 0.569. The van der Waals surface area contributed by atoms with Crippen molar-refractivity contribution in [3.63, 3.8) is 0 Å². The number of benzene rings is 2. The van der Waals surface area contributed by atoms with Gasteiger partial charge in [0.25, 0.3) is 5.56 Å². The highest BCUT2D eigenvalue weighted by atomic mass is 19.1. The summed E-state index contributed by atoms with van der Waals surface area (Å²) in [7, 11) is 0. The predicted molar refractivity (Wildman–Crippen MR) is 94.9 cm³/mol. The molecule has 0 saturated carbocycles. The molecule has 2 aromatic carbocycles. The van der Waals surface area contributed by atoms with Gasteiger partial charge in [-0.25, -0.2) is 13.9 Å². The van der Waals surface area contributed by atoms with E-state index in [1.165, 1.54) is 22.9 Å². The average molecular weight is 351 g/mol. The molecule has 2 aromatic heterocycles. The summed E-state index contributed by atoms with van der Waals surface area (Å²) < 4.78 is 21.2. The molecule has 6 nitrogen and oxygen atoms in total. The number of halogens is 1. The molecule has 130 valence electrons. The Labute approximate surface area is 146 Å². The maximum absolute atomic E-state index is 13.6. The van der Waals surface area contributed by atoms with E-state index in [9.17, 15) is 14.0 Å². The molecule has 0 aliphatic carbocycles. The maximum atomic E-state index is 13.6. The summed E-state index contributed by atoms with van der Waals surface area (Å²) in [5.74, 6) is -0.500. The van der Waals surface area contributed by atoms with Gasteiger partial charge in [0.2, 0.25) is 0 Å². The monoisotopic (exact) mass is 351 g/mol. The minimum absolute atomic E-state index is 0.0382. The molecule has 0 radical (unpaired) electrons. The van der Waals surface area contributed by atoms with Gasteiger partial charge in [0.05, 0.1) is 5.69 Å². The lowest BCUT2D eigenvalue weighted by Gasteiger charge is -2.08. The zero-order valence-electron chi connectivity index (χ0n) is 13.8. The highest BCUT2D eigenvalue weighted by molar-refractivity contribution is 5.91. The molecule has 0 N–H and O–H groups in total. The Balaban J connectivity index is 2.15. The Kier molecular flexibility index (Phi) is 3.76. The topological polar surface area (TPSA) is 70.0 Å². The van der Waals surface area contributed by atoms with E-state index in [0.717, 1.165) is 4.74 Å². The van der Waals surface area contributed by atoms with E-state index in [2.05, 4.69) is 5.10 Å². The molecule has 4 rings (SSSR count). The van der Waals surface area contributed by atoms with Crippen LogP contribution in [0.25, 0.3) is 27.8 Å². The third-order valence-corrected chi connectivity index (χ3v) is 4.10. The molecular formula is C19H14FN3O3. The largest absolute Gasteiger partial charge is 0.368 e. The fraction of sp³-hybridized carbons (Fsp3) is 0.105. The van der Waals surface area contributed by atoms with Crippen LogP contribution in [-0.4, -0.2) is 14.5 Å². The van der Waals surface area contributed by atoms with Crippen LogP contribution in [0.2, 0.25) is 0 Å². The first-order chi connectivity index (χ1) is 12.6. The molecule has 0 atom stereocenters. The molecule has 0 bridgehead atoms. The van der Waals surface area contributed by atoms with E-state index in [1.807, 2.05) is 18.2 Å². The summed E-state index contributed by atoms with van der Waals surface area (Å²) >= 11 is 0. The van der Waals surface area contributed by atoms with Crippen molar-refractivity contribution in [1.29, 1.82) is 0 Å². The maximum Gasteiger partial charge on any atom is 0.368 e. The fourth-order valence-electron chi connectivity index (χ4n) is 2.91. The highest BCUT2D eigenvalue weighted by Crippen LogP contribution is 2.24. The van der Waals surface area contributed by atoms with Crippen LogP contribution in [-0.2, 0) is 6.54 Å². The molecule has 0 unspecified atom stereocenters. The summed E-state index contributed by atoms with van der Waals surface area (Å²) in [5.41, 5.74) is 0.154. The molecule has 0 aliphatic heterocycles. The van der Waals surface area contributed by atoms with E-state index in [-0.39, 0.29) is 16.6 Å². The number of aryl methyl sites for hydroxylation is 1. The van der Waals surface area contributed by atoms with Gasteiger partial charge >= 0.3 is 5.63 Å². The SMILES string of the molecule is CCn1nc(-c2ccccc2)c2c(=O)on(-c3cccc(F)c3)c2c1=O. The van der Waals surface area contributed by atoms with Crippen LogP contribution in [0.5, 0.6) is 0 Å². The summed E-state index contributed by atoms with van der Waals surface area (Å²) in [5, 5.41) is 4.41. The van der Waals surface area contributed by atoms with Crippen LogP contribution in [0.3, 0.4) is 0 Å². The Morgan fingerprint density at radius 1 is 1.08 bits per heavy atom. The second kappa shape index (κ2) is 6.11. The standard InChI is InChI=1S/C19H14FN3O3/c1-2-22-18(24)17-15(16(21-22)12-7-4-3-5-8-12)19(25)26-23(17)14-10-6-9-13(20)11-14/h3-11H,2H2,1H3. The van der Waals surface area contributed by atoms with E-state index in [4.69, 9.17) is 4.52 Å². The van der Waals surface area contributed by atoms with E-state index in [1.54, 1.807) is 25.1 Å². The Bertz CT molecular complexity index is 1220. The molecule has 0 saturated heterocycles. The van der Waals surface area contributed by atoms with Crippen molar-refractivity contribution in [1.82, 2.24) is 14.5 Å². The molecule has 7 heteroatoms. The third kappa shape index (κ3) is 2.45. The Morgan fingerprint density at radius 2 is 1.85 bits per heavy atom. The van der Waals surface area contributed by atoms with E-state index >= 15 is 0 Å². The molecule has 0 spiro atoms. The first-order valence-electron chi connectivity index (χ1n) is 8.08. The normalized spacial score (nSPS) is 11.2. The Morgan fingerprint density at radius 3 is 2.54 bits per heavy atom. The van der Waals surface area contributed by atoms with Gasteiger partial charge in [0, 0.05) is 18.2 Å². The summed E-state index contributed by atoms with van der Waals surface area (Å²) in [6.07, 6.45) is 0. The van der Waals surface area contributed by atoms with Gasteiger partial charge in [-0.15, -0.1) is 0 Å². The molecular weight excluding hydrogens is 337 g/mol. The second-order valence-electron chi connectivity index (χ2n) is 5.71. The van der Waals surface area contributed by atoms with Gasteiger partial charge in [-0.05, 0) is 19.1 Å². The molecule has 0 fully saturated rings. The Hall–Kier alpha value is -3.48. The fourth-order valence-corrected chi connectivity index (χ4v) is 2.91. The zero-order chi connectivity index (χ0) is 18.3. The van der Waals surface area contributed by atoms with Crippen LogP contribution in [0, 0.1) is 5.82 Å².